The minimum absolute atomic E-state index is 0.150. The summed E-state index contributed by atoms with van der Waals surface area (Å²) >= 11 is 1.35. The molecule has 2 amide bonds. The Morgan fingerprint density at radius 1 is 1.16 bits per heavy atom. The van der Waals surface area contributed by atoms with E-state index < -0.39 is 6.04 Å². The van der Waals surface area contributed by atoms with E-state index in [0.29, 0.717) is 36.6 Å². The summed E-state index contributed by atoms with van der Waals surface area (Å²) in [6.45, 7) is 4.75. The number of rotatable bonds is 12. The van der Waals surface area contributed by atoms with Crippen LogP contribution < -0.4 is 10.1 Å². The van der Waals surface area contributed by atoms with Gasteiger partial charge in [-0.2, -0.15) is 0 Å². The Balaban J connectivity index is 2.15. The Morgan fingerprint density at radius 2 is 1.94 bits per heavy atom. The highest BCUT2D eigenvalue weighted by atomic mass is 32.2. The van der Waals surface area contributed by atoms with E-state index in [-0.39, 0.29) is 23.4 Å². The van der Waals surface area contributed by atoms with E-state index in [1.807, 2.05) is 38.1 Å². The molecule has 0 aliphatic heterocycles. The van der Waals surface area contributed by atoms with Gasteiger partial charge in [0, 0.05) is 18.8 Å². The van der Waals surface area contributed by atoms with Gasteiger partial charge in [0.25, 0.3) is 0 Å². The Kier molecular flexibility index (Phi) is 10.4. The van der Waals surface area contributed by atoms with Gasteiger partial charge in [-0.25, -0.2) is 4.39 Å². The smallest absolute Gasteiger partial charge is 0.242 e. The van der Waals surface area contributed by atoms with E-state index in [2.05, 4.69) is 5.32 Å². The Labute approximate surface area is 188 Å². The molecule has 0 bridgehead atoms. The standard InChI is InChI=1S/C24H31FN2O3S/c1-4-13-26-24(29)22(5-2)27(15-18-9-8-11-20(14-18)30-3)23(28)17-31-16-19-10-6-7-12-21(19)25/h6-12,14,22H,4-5,13,15-17H2,1-3H3,(H,26,29)/t22-/m1/s1. The maximum Gasteiger partial charge on any atom is 0.242 e. The van der Waals surface area contributed by atoms with Crippen LogP contribution in [0.3, 0.4) is 0 Å². The highest BCUT2D eigenvalue weighted by Crippen LogP contribution is 2.20. The van der Waals surface area contributed by atoms with E-state index >= 15 is 0 Å². The lowest BCUT2D eigenvalue weighted by molar-refractivity contribution is -0.139. The minimum Gasteiger partial charge on any atom is -0.497 e. The first-order valence-electron chi connectivity index (χ1n) is 10.5. The van der Waals surface area contributed by atoms with Gasteiger partial charge in [-0.3, -0.25) is 9.59 Å². The molecule has 0 saturated heterocycles. The lowest BCUT2D eigenvalue weighted by atomic mass is 10.1. The number of benzene rings is 2. The number of amides is 2. The first-order chi connectivity index (χ1) is 15.0. The molecule has 0 fully saturated rings. The van der Waals surface area contributed by atoms with Crippen LogP contribution in [-0.2, 0) is 21.9 Å². The summed E-state index contributed by atoms with van der Waals surface area (Å²) in [4.78, 5) is 27.5. The van der Waals surface area contributed by atoms with Crippen molar-refractivity contribution >= 4 is 23.6 Å². The van der Waals surface area contributed by atoms with E-state index in [0.717, 1.165) is 12.0 Å². The maximum atomic E-state index is 13.9. The molecule has 0 heterocycles. The summed E-state index contributed by atoms with van der Waals surface area (Å²) in [7, 11) is 1.59. The fourth-order valence-electron chi connectivity index (χ4n) is 3.20. The molecule has 7 heteroatoms. The average molecular weight is 447 g/mol. The zero-order chi connectivity index (χ0) is 22.6. The number of ether oxygens (including phenoxy) is 1. The van der Waals surface area contributed by atoms with Crippen LogP contribution in [0.5, 0.6) is 5.75 Å². The number of nitrogens with one attached hydrogen (secondary N) is 1. The molecular weight excluding hydrogens is 415 g/mol. The molecule has 0 aliphatic carbocycles. The SMILES string of the molecule is CCCNC(=O)[C@@H](CC)N(Cc1cccc(OC)c1)C(=O)CSCc1ccccc1F. The van der Waals surface area contributed by atoms with Crippen molar-refractivity contribution in [3.05, 3.63) is 65.5 Å². The van der Waals surface area contributed by atoms with Gasteiger partial charge in [0.05, 0.1) is 12.9 Å². The van der Waals surface area contributed by atoms with Crippen molar-refractivity contribution in [2.75, 3.05) is 19.4 Å². The minimum atomic E-state index is -0.570. The van der Waals surface area contributed by atoms with Crippen molar-refractivity contribution in [2.45, 2.75) is 45.0 Å². The second-order valence-electron chi connectivity index (χ2n) is 7.17. The average Bonchev–Trinajstić information content (AvgIpc) is 2.78. The van der Waals surface area contributed by atoms with Crippen molar-refractivity contribution in [3.63, 3.8) is 0 Å². The van der Waals surface area contributed by atoms with Crippen LogP contribution in [0.15, 0.2) is 48.5 Å². The fourth-order valence-corrected chi connectivity index (χ4v) is 4.10. The maximum absolute atomic E-state index is 13.9. The van der Waals surface area contributed by atoms with Crippen LogP contribution in [0.25, 0.3) is 0 Å². The van der Waals surface area contributed by atoms with Gasteiger partial charge in [-0.05, 0) is 42.2 Å². The van der Waals surface area contributed by atoms with Gasteiger partial charge in [-0.1, -0.05) is 44.2 Å². The van der Waals surface area contributed by atoms with Gasteiger partial charge in [0.1, 0.15) is 17.6 Å². The van der Waals surface area contributed by atoms with Gasteiger partial charge in [0.15, 0.2) is 0 Å². The topological polar surface area (TPSA) is 58.6 Å². The summed E-state index contributed by atoms with van der Waals surface area (Å²) in [6.07, 6.45) is 1.33. The summed E-state index contributed by atoms with van der Waals surface area (Å²) in [6, 6.07) is 13.5. The molecule has 31 heavy (non-hydrogen) atoms. The molecule has 5 nitrogen and oxygen atoms in total. The lowest BCUT2D eigenvalue weighted by Crippen LogP contribution is -2.49. The van der Waals surface area contributed by atoms with Gasteiger partial charge >= 0.3 is 0 Å². The molecule has 168 valence electrons. The number of carbonyl (C=O) groups excluding carboxylic acids is 2. The molecule has 2 aromatic carbocycles. The zero-order valence-corrected chi connectivity index (χ0v) is 19.2. The third-order valence-electron chi connectivity index (χ3n) is 4.86. The molecule has 0 saturated carbocycles. The highest BCUT2D eigenvalue weighted by molar-refractivity contribution is 7.99. The molecule has 0 radical (unpaired) electrons. The van der Waals surface area contributed by atoms with Gasteiger partial charge < -0.3 is 15.0 Å². The van der Waals surface area contributed by atoms with Crippen molar-refractivity contribution in [1.29, 1.82) is 0 Å². The van der Waals surface area contributed by atoms with Crippen molar-refractivity contribution < 1.29 is 18.7 Å². The molecule has 1 atom stereocenters. The molecule has 0 aromatic heterocycles. The molecule has 0 unspecified atom stereocenters. The van der Waals surface area contributed by atoms with Crippen molar-refractivity contribution in [3.8, 4) is 5.75 Å². The number of methoxy groups -OCH3 is 1. The normalized spacial score (nSPS) is 11.6. The molecule has 0 spiro atoms. The zero-order valence-electron chi connectivity index (χ0n) is 18.4. The lowest BCUT2D eigenvalue weighted by Gasteiger charge is -2.30. The predicted octanol–water partition coefficient (Wildman–Crippen LogP) is 4.40. The van der Waals surface area contributed by atoms with Crippen LogP contribution in [0, 0.1) is 5.82 Å². The number of hydrogen-bond donors (Lipinski definition) is 1. The summed E-state index contributed by atoms with van der Waals surface area (Å²) < 4.78 is 19.2. The number of halogens is 1. The van der Waals surface area contributed by atoms with Crippen molar-refractivity contribution in [2.24, 2.45) is 0 Å². The molecule has 0 aliphatic rings. The second kappa shape index (κ2) is 13.0. The summed E-state index contributed by atoms with van der Waals surface area (Å²) in [5.41, 5.74) is 1.45. The van der Waals surface area contributed by atoms with E-state index in [9.17, 15) is 14.0 Å². The van der Waals surface area contributed by atoms with Crippen LogP contribution >= 0.6 is 11.8 Å². The summed E-state index contributed by atoms with van der Waals surface area (Å²) in [5.74, 6) is 0.672. The number of nitrogens with zero attached hydrogens (tertiary/aromatic N) is 1. The van der Waals surface area contributed by atoms with Crippen LogP contribution in [0.2, 0.25) is 0 Å². The second-order valence-corrected chi connectivity index (χ2v) is 8.16. The number of thioether (sulfide) groups is 1. The van der Waals surface area contributed by atoms with Crippen LogP contribution in [0.1, 0.15) is 37.8 Å². The van der Waals surface area contributed by atoms with E-state index in [1.54, 1.807) is 30.2 Å². The predicted molar refractivity (Wildman–Crippen MR) is 123 cm³/mol. The van der Waals surface area contributed by atoms with E-state index in [1.165, 1.54) is 17.8 Å². The Morgan fingerprint density at radius 3 is 2.61 bits per heavy atom. The van der Waals surface area contributed by atoms with Crippen molar-refractivity contribution in [1.82, 2.24) is 10.2 Å². The first-order valence-corrected chi connectivity index (χ1v) is 11.7. The van der Waals surface area contributed by atoms with Gasteiger partial charge in [-0.15, -0.1) is 11.8 Å². The number of hydrogen-bond acceptors (Lipinski definition) is 4. The first kappa shape index (κ1) is 24.7. The fraction of sp³-hybridized carbons (Fsp3) is 0.417. The number of carbonyl (C=O) groups is 2. The molecular formula is C24H31FN2O3S. The largest absolute Gasteiger partial charge is 0.497 e. The highest BCUT2D eigenvalue weighted by Gasteiger charge is 2.28. The Hall–Kier alpha value is -2.54. The van der Waals surface area contributed by atoms with Crippen LogP contribution in [0.4, 0.5) is 4.39 Å². The molecule has 1 N–H and O–H groups in total. The quantitative estimate of drug-likeness (QED) is 0.525. The monoisotopic (exact) mass is 446 g/mol. The third kappa shape index (κ3) is 7.58. The third-order valence-corrected chi connectivity index (χ3v) is 5.83. The van der Waals surface area contributed by atoms with Crippen LogP contribution in [-0.4, -0.2) is 42.2 Å². The molecule has 2 aromatic rings. The Bertz CT molecular complexity index is 862. The summed E-state index contributed by atoms with van der Waals surface area (Å²) in [5, 5.41) is 2.90. The molecule has 2 rings (SSSR count). The van der Waals surface area contributed by atoms with Gasteiger partial charge in [0.2, 0.25) is 11.8 Å². The van der Waals surface area contributed by atoms with E-state index in [4.69, 9.17) is 4.74 Å².